The van der Waals surface area contributed by atoms with Gasteiger partial charge in [0.05, 0.1) is 6.04 Å². The van der Waals surface area contributed by atoms with Gasteiger partial charge in [0.15, 0.2) is 0 Å². The highest BCUT2D eigenvalue weighted by molar-refractivity contribution is 9.10. The molecule has 0 aliphatic carbocycles. The van der Waals surface area contributed by atoms with Crippen molar-refractivity contribution in [2.75, 3.05) is 6.26 Å². The molecule has 2 nitrogen and oxygen atoms in total. The van der Waals surface area contributed by atoms with E-state index >= 15 is 0 Å². The summed E-state index contributed by atoms with van der Waals surface area (Å²) < 4.78 is 1.10. The number of hydrazine groups is 1. The highest BCUT2D eigenvalue weighted by Crippen LogP contribution is 2.34. The van der Waals surface area contributed by atoms with Crippen molar-refractivity contribution >= 4 is 39.0 Å². The van der Waals surface area contributed by atoms with Crippen molar-refractivity contribution in [3.05, 3.63) is 50.6 Å². The van der Waals surface area contributed by atoms with E-state index in [0.29, 0.717) is 0 Å². The minimum Gasteiger partial charge on any atom is -0.271 e. The summed E-state index contributed by atoms with van der Waals surface area (Å²) in [7, 11) is 0. The molecular formula is C12H13BrN2S2. The lowest BCUT2D eigenvalue weighted by Gasteiger charge is -2.18. The Morgan fingerprint density at radius 3 is 2.65 bits per heavy atom. The van der Waals surface area contributed by atoms with Crippen LogP contribution in [0.5, 0.6) is 0 Å². The summed E-state index contributed by atoms with van der Waals surface area (Å²) in [5.41, 5.74) is 5.29. The van der Waals surface area contributed by atoms with Gasteiger partial charge in [0, 0.05) is 14.7 Å². The van der Waals surface area contributed by atoms with Gasteiger partial charge >= 0.3 is 0 Å². The van der Waals surface area contributed by atoms with Crippen molar-refractivity contribution in [3.63, 3.8) is 0 Å². The summed E-state index contributed by atoms with van der Waals surface area (Å²) in [4.78, 5) is 1.24. The van der Waals surface area contributed by atoms with E-state index < -0.39 is 0 Å². The lowest BCUT2D eigenvalue weighted by molar-refractivity contribution is 0.627. The second kappa shape index (κ2) is 6.02. The lowest BCUT2D eigenvalue weighted by atomic mass is 10.0. The number of nitrogens with two attached hydrogens (primary N) is 1. The fraction of sp³-hybridized carbons (Fsp3) is 0.167. The molecule has 1 aromatic heterocycles. The number of rotatable bonds is 4. The fourth-order valence-electron chi connectivity index (χ4n) is 1.75. The van der Waals surface area contributed by atoms with Gasteiger partial charge in [-0.2, -0.15) is 11.3 Å². The molecule has 0 radical (unpaired) electrons. The van der Waals surface area contributed by atoms with Crippen LogP contribution in [0.15, 0.2) is 44.4 Å². The molecule has 0 aliphatic rings. The largest absolute Gasteiger partial charge is 0.271 e. The van der Waals surface area contributed by atoms with E-state index in [1.54, 1.807) is 23.1 Å². The van der Waals surface area contributed by atoms with Crippen molar-refractivity contribution in [1.29, 1.82) is 0 Å². The van der Waals surface area contributed by atoms with Gasteiger partial charge in [0.1, 0.15) is 0 Å². The van der Waals surface area contributed by atoms with Crippen LogP contribution in [0, 0.1) is 0 Å². The van der Waals surface area contributed by atoms with Crippen LogP contribution in [0.1, 0.15) is 17.2 Å². The maximum Gasteiger partial charge on any atom is 0.0739 e. The number of halogens is 1. The Morgan fingerprint density at radius 1 is 1.29 bits per heavy atom. The van der Waals surface area contributed by atoms with Gasteiger partial charge < -0.3 is 0 Å². The maximum absolute atomic E-state index is 5.71. The molecule has 0 aliphatic heterocycles. The Hall–Kier alpha value is -0.330. The SMILES string of the molecule is CSc1ccccc1C(NN)c1cscc1Br. The lowest BCUT2D eigenvalue weighted by Crippen LogP contribution is -2.29. The zero-order valence-corrected chi connectivity index (χ0v) is 12.5. The van der Waals surface area contributed by atoms with Crippen LogP contribution in [-0.4, -0.2) is 6.26 Å². The average molecular weight is 329 g/mol. The minimum atomic E-state index is 0.0271. The van der Waals surface area contributed by atoms with E-state index in [-0.39, 0.29) is 6.04 Å². The Morgan fingerprint density at radius 2 is 2.06 bits per heavy atom. The predicted molar refractivity (Wildman–Crippen MR) is 79.4 cm³/mol. The van der Waals surface area contributed by atoms with Crippen molar-refractivity contribution in [2.45, 2.75) is 10.9 Å². The summed E-state index contributed by atoms with van der Waals surface area (Å²) in [5.74, 6) is 5.71. The number of thioether (sulfide) groups is 1. The molecule has 2 rings (SSSR count). The minimum absolute atomic E-state index is 0.0271. The average Bonchev–Trinajstić information content (AvgIpc) is 2.78. The number of benzene rings is 1. The van der Waals surface area contributed by atoms with Crippen LogP contribution >= 0.6 is 39.0 Å². The molecule has 2 aromatic rings. The van der Waals surface area contributed by atoms with Crippen LogP contribution in [0.3, 0.4) is 0 Å². The van der Waals surface area contributed by atoms with E-state index in [1.807, 2.05) is 12.1 Å². The van der Waals surface area contributed by atoms with E-state index in [0.717, 1.165) is 4.47 Å². The normalized spacial score (nSPS) is 12.6. The first-order valence-corrected chi connectivity index (χ1v) is 8.04. The van der Waals surface area contributed by atoms with Gasteiger partial charge in [-0.3, -0.25) is 5.84 Å². The molecule has 17 heavy (non-hydrogen) atoms. The van der Waals surface area contributed by atoms with E-state index in [2.05, 4.69) is 50.5 Å². The molecule has 1 unspecified atom stereocenters. The molecule has 1 atom stereocenters. The molecule has 3 N–H and O–H groups in total. The first kappa shape index (κ1) is 13.1. The topological polar surface area (TPSA) is 38.0 Å². The second-order valence-electron chi connectivity index (χ2n) is 3.52. The molecule has 0 spiro atoms. The quantitative estimate of drug-likeness (QED) is 0.509. The van der Waals surface area contributed by atoms with E-state index in [4.69, 9.17) is 5.84 Å². The van der Waals surface area contributed by atoms with Crippen LogP contribution in [0.2, 0.25) is 0 Å². The van der Waals surface area contributed by atoms with Crippen molar-refractivity contribution in [1.82, 2.24) is 5.43 Å². The monoisotopic (exact) mass is 328 g/mol. The molecule has 90 valence electrons. The summed E-state index contributed by atoms with van der Waals surface area (Å²) in [6, 6.07) is 8.34. The van der Waals surface area contributed by atoms with E-state index in [9.17, 15) is 0 Å². The summed E-state index contributed by atoms with van der Waals surface area (Å²) in [5, 5.41) is 4.19. The predicted octanol–water partition coefficient (Wildman–Crippen LogP) is 3.79. The molecule has 5 heteroatoms. The Labute approximate surface area is 118 Å². The summed E-state index contributed by atoms with van der Waals surface area (Å²) in [6.45, 7) is 0. The van der Waals surface area contributed by atoms with Crippen LogP contribution in [-0.2, 0) is 0 Å². The van der Waals surface area contributed by atoms with Gasteiger partial charge in [-0.05, 0) is 44.8 Å². The maximum atomic E-state index is 5.71. The van der Waals surface area contributed by atoms with Crippen molar-refractivity contribution < 1.29 is 0 Å². The number of thiophene rings is 1. The zero-order valence-electron chi connectivity index (χ0n) is 9.31. The Kier molecular flexibility index (Phi) is 4.64. The molecule has 1 aromatic carbocycles. The fourth-order valence-corrected chi connectivity index (χ4v) is 3.94. The van der Waals surface area contributed by atoms with Crippen LogP contribution in [0.4, 0.5) is 0 Å². The standard InChI is InChI=1S/C12H13BrN2S2/c1-16-11-5-3-2-4-8(11)12(15-14)9-6-17-7-10(9)13/h2-7,12,15H,14H2,1H3. The van der Waals surface area contributed by atoms with Gasteiger partial charge in [-0.15, -0.1) is 11.8 Å². The molecule has 0 saturated heterocycles. The second-order valence-corrected chi connectivity index (χ2v) is 5.96. The molecule has 1 heterocycles. The zero-order chi connectivity index (χ0) is 12.3. The molecule has 0 bridgehead atoms. The molecule has 0 saturated carbocycles. The van der Waals surface area contributed by atoms with Gasteiger partial charge in [0.25, 0.3) is 0 Å². The van der Waals surface area contributed by atoms with Crippen molar-refractivity contribution in [2.24, 2.45) is 5.84 Å². The van der Waals surface area contributed by atoms with Crippen molar-refractivity contribution in [3.8, 4) is 0 Å². The Balaban J connectivity index is 2.46. The third-order valence-corrected chi connectivity index (χ3v) is 5.13. The summed E-state index contributed by atoms with van der Waals surface area (Å²) >= 11 is 6.96. The number of nitrogens with one attached hydrogen (secondary N) is 1. The number of hydrogen-bond acceptors (Lipinski definition) is 4. The molecule has 0 fully saturated rings. The third kappa shape index (κ3) is 2.74. The first-order chi connectivity index (χ1) is 8.27. The van der Waals surface area contributed by atoms with Gasteiger partial charge in [0.2, 0.25) is 0 Å². The smallest absolute Gasteiger partial charge is 0.0739 e. The van der Waals surface area contributed by atoms with Gasteiger partial charge in [-0.1, -0.05) is 18.2 Å². The highest BCUT2D eigenvalue weighted by atomic mass is 79.9. The van der Waals surface area contributed by atoms with Crippen LogP contribution < -0.4 is 11.3 Å². The third-order valence-electron chi connectivity index (χ3n) is 2.57. The first-order valence-electron chi connectivity index (χ1n) is 5.08. The van der Waals surface area contributed by atoms with Gasteiger partial charge in [-0.25, -0.2) is 5.43 Å². The molecule has 0 amide bonds. The summed E-state index contributed by atoms with van der Waals surface area (Å²) in [6.07, 6.45) is 2.08. The van der Waals surface area contributed by atoms with E-state index in [1.165, 1.54) is 16.0 Å². The highest BCUT2D eigenvalue weighted by Gasteiger charge is 2.18. The molecular weight excluding hydrogens is 316 g/mol. The van der Waals surface area contributed by atoms with Crippen LogP contribution in [0.25, 0.3) is 0 Å². The number of hydrogen-bond donors (Lipinski definition) is 2. The Bertz CT molecular complexity index is 499.